The molecule has 11 heavy (non-hydrogen) atoms. The van der Waals surface area contributed by atoms with Crippen LogP contribution in [0, 0.1) is 17.2 Å². The fourth-order valence-electron chi connectivity index (χ4n) is 0.928. The van der Waals surface area contributed by atoms with Crippen molar-refractivity contribution in [2.45, 2.75) is 19.8 Å². The third kappa shape index (κ3) is 1.55. The van der Waals surface area contributed by atoms with Gasteiger partial charge in [0.05, 0.1) is 17.7 Å². The Balaban J connectivity index is 2.48. The van der Waals surface area contributed by atoms with Gasteiger partial charge in [-0.25, -0.2) is 5.43 Å². The molecule has 0 radical (unpaired) electrons. The van der Waals surface area contributed by atoms with Crippen LogP contribution in [0.1, 0.15) is 19.8 Å². The van der Waals surface area contributed by atoms with E-state index < -0.39 is 0 Å². The molecule has 1 heterocycles. The Bertz CT molecular complexity index is 239. The smallest absolute Gasteiger partial charge is 0.248 e. The third-order valence-electron chi connectivity index (χ3n) is 1.70. The Labute approximate surface area is 64.9 Å². The van der Waals surface area contributed by atoms with E-state index in [0.717, 1.165) is 5.71 Å². The molecule has 0 aromatic rings. The van der Waals surface area contributed by atoms with Crippen molar-refractivity contribution in [1.29, 1.82) is 5.26 Å². The van der Waals surface area contributed by atoms with Crippen molar-refractivity contribution in [2.24, 2.45) is 11.0 Å². The summed E-state index contributed by atoms with van der Waals surface area (Å²) in [4.78, 5) is 10.8. The molecule has 1 aliphatic rings. The van der Waals surface area contributed by atoms with Crippen LogP contribution in [-0.4, -0.2) is 11.6 Å². The van der Waals surface area contributed by atoms with E-state index in [4.69, 9.17) is 5.26 Å². The lowest BCUT2D eigenvalue weighted by Crippen LogP contribution is -2.19. The van der Waals surface area contributed by atoms with Gasteiger partial charge in [0.15, 0.2) is 0 Å². The molecule has 4 nitrogen and oxygen atoms in total. The molecule has 0 spiro atoms. The van der Waals surface area contributed by atoms with E-state index in [1.807, 2.05) is 6.07 Å². The third-order valence-corrected chi connectivity index (χ3v) is 1.70. The standard InChI is InChI=1S/C7H9N3O/c1-5-6(3-2-4-8)9-10-7(5)11/h5H,2-3H2,1H3,(H,10,11). The maximum absolute atomic E-state index is 10.8. The minimum Gasteiger partial charge on any atom is -0.272 e. The predicted octanol–water partition coefficient (Wildman–Crippen LogP) is 0.412. The number of nitriles is 1. The largest absolute Gasteiger partial charge is 0.272 e. The van der Waals surface area contributed by atoms with Gasteiger partial charge >= 0.3 is 0 Å². The van der Waals surface area contributed by atoms with Crippen molar-refractivity contribution in [3.05, 3.63) is 0 Å². The second-order valence-electron chi connectivity index (χ2n) is 2.46. The minimum absolute atomic E-state index is 0.0714. The van der Waals surface area contributed by atoms with E-state index in [1.54, 1.807) is 6.92 Å². The summed E-state index contributed by atoms with van der Waals surface area (Å²) in [7, 11) is 0. The first-order chi connectivity index (χ1) is 5.25. The molecule has 0 fully saturated rings. The van der Waals surface area contributed by atoms with Gasteiger partial charge in [0, 0.05) is 12.8 Å². The summed E-state index contributed by atoms with van der Waals surface area (Å²) in [6.45, 7) is 1.79. The number of carbonyl (C=O) groups excluding carboxylic acids is 1. The average Bonchev–Trinajstić information content (AvgIpc) is 2.31. The summed E-state index contributed by atoms with van der Waals surface area (Å²) < 4.78 is 0. The van der Waals surface area contributed by atoms with Gasteiger partial charge in [-0.3, -0.25) is 4.79 Å². The van der Waals surface area contributed by atoms with Gasteiger partial charge in [0.1, 0.15) is 0 Å². The van der Waals surface area contributed by atoms with Gasteiger partial charge in [0.2, 0.25) is 5.91 Å². The summed E-state index contributed by atoms with van der Waals surface area (Å²) in [5, 5.41) is 12.1. The molecule has 1 aliphatic heterocycles. The Morgan fingerprint density at radius 2 is 2.55 bits per heavy atom. The van der Waals surface area contributed by atoms with Crippen molar-refractivity contribution in [2.75, 3.05) is 0 Å². The lowest BCUT2D eigenvalue weighted by molar-refractivity contribution is -0.121. The van der Waals surface area contributed by atoms with Crippen molar-refractivity contribution < 1.29 is 4.79 Å². The number of amides is 1. The number of carbonyl (C=O) groups is 1. The maximum Gasteiger partial charge on any atom is 0.248 e. The van der Waals surface area contributed by atoms with Crippen LogP contribution in [-0.2, 0) is 4.79 Å². The van der Waals surface area contributed by atoms with Crippen LogP contribution in [0.15, 0.2) is 5.10 Å². The summed E-state index contributed by atoms with van der Waals surface area (Å²) in [6.07, 6.45) is 1.02. The monoisotopic (exact) mass is 151 g/mol. The van der Waals surface area contributed by atoms with Crippen molar-refractivity contribution >= 4 is 11.6 Å². The molecule has 0 aromatic heterocycles. The van der Waals surface area contributed by atoms with E-state index in [2.05, 4.69) is 10.5 Å². The first-order valence-electron chi connectivity index (χ1n) is 3.49. The molecule has 4 heteroatoms. The molecule has 1 amide bonds. The quantitative estimate of drug-likeness (QED) is 0.621. The predicted molar refractivity (Wildman–Crippen MR) is 39.6 cm³/mol. The van der Waals surface area contributed by atoms with Crippen LogP contribution in [0.3, 0.4) is 0 Å². The molecular weight excluding hydrogens is 142 g/mol. The zero-order valence-corrected chi connectivity index (χ0v) is 6.29. The molecule has 0 bridgehead atoms. The highest BCUT2D eigenvalue weighted by atomic mass is 16.2. The summed E-state index contributed by atoms with van der Waals surface area (Å²) in [5.41, 5.74) is 3.16. The van der Waals surface area contributed by atoms with Gasteiger partial charge in [-0.2, -0.15) is 10.4 Å². The average molecular weight is 151 g/mol. The molecule has 1 rings (SSSR count). The Morgan fingerprint density at radius 3 is 3.00 bits per heavy atom. The lowest BCUT2D eigenvalue weighted by Gasteiger charge is -1.98. The van der Waals surface area contributed by atoms with Crippen LogP contribution < -0.4 is 5.43 Å². The van der Waals surface area contributed by atoms with Crippen LogP contribution >= 0.6 is 0 Å². The Hall–Kier alpha value is -1.37. The molecular formula is C7H9N3O. The molecule has 0 aliphatic carbocycles. The van der Waals surface area contributed by atoms with Crippen LogP contribution in [0.4, 0.5) is 0 Å². The van der Waals surface area contributed by atoms with E-state index in [1.165, 1.54) is 0 Å². The Morgan fingerprint density at radius 1 is 1.82 bits per heavy atom. The Kier molecular flexibility index (Phi) is 2.21. The second kappa shape index (κ2) is 3.15. The molecule has 0 saturated heterocycles. The van der Waals surface area contributed by atoms with Crippen molar-refractivity contribution in [3.8, 4) is 6.07 Å². The fraction of sp³-hybridized carbons (Fsp3) is 0.571. The second-order valence-corrected chi connectivity index (χ2v) is 2.46. The van der Waals surface area contributed by atoms with Crippen LogP contribution in [0.25, 0.3) is 0 Å². The fourth-order valence-corrected chi connectivity index (χ4v) is 0.928. The van der Waals surface area contributed by atoms with Crippen LogP contribution in [0.5, 0.6) is 0 Å². The van der Waals surface area contributed by atoms with E-state index in [0.29, 0.717) is 12.8 Å². The zero-order chi connectivity index (χ0) is 8.27. The summed E-state index contributed by atoms with van der Waals surface area (Å²) in [5.74, 6) is -0.221. The van der Waals surface area contributed by atoms with Crippen molar-refractivity contribution in [3.63, 3.8) is 0 Å². The number of nitrogens with zero attached hydrogens (tertiary/aromatic N) is 2. The van der Waals surface area contributed by atoms with E-state index in [9.17, 15) is 4.79 Å². The topological polar surface area (TPSA) is 65.2 Å². The maximum atomic E-state index is 10.8. The normalized spacial score (nSPS) is 22.4. The van der Waals surface area contributed by atoms with E-state index in [-0.39, 0.29) is 11.8 Å². The molecule has 1 atom stereocenters. The molecule has 0 aromatic carbocycles. The highest BCUT2D eigenvalue weighted by Gasteiger charge is 2.24. The molecule has 58 valence electrons. The number of hydrogen-bond donors (Lipinski definition) is 1. The van der Waals surface area contributed by atoms with Crippen LogP contribution in [0.2, 0.25) is 0 Å². The minimum atomic E-state index is -0.150. The number of nitrogens with one attached hydrogen (secondary N) is 1. The molecule has 0 saturated carbocycles. The highest BCUT2D eigenvalue weighted by molar-refractivity contribution is 6.07. The first-order valence-corrected chi connectivity index (χ1v) is 3.49. The van der Waals surface area contributed by atoms with E-state index >= 15 is 0 Å². The molecule has 1 N–H and O–H groups in total. The highest BCUT2D eigenvalue weighted by Crippen LogP contribution is 2.09. The summed E-state index contributed by atoms with van der Waals surface area (Å²) >= 11 is 0. The number of hydrogen-bond acceptors (Lipinski definition) is 3. The zero-order valence-electron chi connectivity index (χ0n) is 6.29. The van der Waals surface area contributed by atoms with Gasteiger partial charge < -0.3 is 0 Å². The lowest BCUT2D eigenvalue weighted by atomic mass is 10.0. The number of rotatable bonds is 2. The molecule has 1 unspecified atom stereocenters. The van der Waals surface area contributed by atoms with Gasteiger partial charge in [0.25, 0.3) is 0 Å². The van der Waals surface area contributed by atoms with Gasteiger partial charge in [-0.1, -0.05) is 0 Å². The summed E-state index contributed by atoms with van der Waals surface area (Å²) in [6, 6.07) is 2.01. The van der Waals surface area contributed by atoms with Crippen molar-refractivity contribution in [1.82, 2.24) is 5.43 Å². The van der Waals surface area contributed by atoms with Gasteiger partial charge in [-0.05, 0) is 6.92 Å². The number of hydrazone groups is 1. The first kappa shape index (κ1) is 7.73. The van der Waals surface area contributed by atoms with Gasteiger partial charge in [-0.15, -0.1) is 0 Å². The SMILES string of the molecule is CC1C(=O)NN=C1CCC#N.